The van der Waals surface area contributed by atoms with E-state index in [9.17, 15) is 14.9 Å². The highest BCUT2D eigenvalue weighted by Crippen LogP contribution is 2.35. The SMILES string of the molecule is C[C@@H](CN1CCC2(CC1)OC(=O)NN=C2c1cc(C#N)ccc1Br)NC(=O)c1cn(C)cn1. The first-order chi connectivity index (χ1) is 15.8. The Balaban J connectivity index is 1.44. The molecule has 1 aromatic heterocycles. The summed E-state index contributed by atoms with van der Waals surface area (Å²) in [5, 5.41) is 16.6. The van der Waals surface area contributed by atoms with Gasteiger partial charge in [-0.2, -0.15) is 10.4 Å². The van der Waals surface area contributed by atoms with Crippen LogP contribution in [0.3, 0.4) is 0 Å². The number of nitriles is 1. The van der Waals surface area contributed by atoms with E-state index in [1.807, 2.05) is 14.0 Å². The lowest BCUT2D eigenvalue weighted by atomic mass is 9.82. The molecular weight excluding hydrogens is 490 g/mol. The highest BCUT2D eigenvalue weighted by atomic mass is 79.9. The lowest BCUT2D eigenvalue weighted by molar-refractivity contribution is 0.00485. The van der Waals surface area contributed by atoms with Gasteiger partial charge in [0.05, 0.1) is 18.0 Å². The van der Waals surface area contributed by atoms with E-state index in [4.69, 9.17) is 4.74 Å². The summed E-state index contributed by atoms with van der Waals surface area (Å²) in [5.41, 5.74) is 3.73. The number of rotatable bonds is 5. The fraction of sp³-hybridized carbons (Fsp3) is 0.409. The van der Waals surface area contributed by atoms with Crippen molar-refractivity contribution in [2.24, 2.45) is 12.1 Å². The molecule has 0 bridgehead atoms. The minimum atomic E-state index is -0.879. The average molecular weight is 514 g/mol. The molecule has 2 aromatic rings. The van der Waals surface area contributed by atoms with Crippen molar-refractivity contribution in [2.75, 3.05) is 19.6 Å². The van der Waals surface area contributed by atoms with Gasteiger partial charge in [-0.05, 0) is 25.1 Å². The van der Waals surface area contributed by atoms with Gasteiger partial charge in [-0.25, -0.2) is 15.2 Å². The normalized spacial score (nSPS) is 18.6. The van der Waals surface area contributed by atoms with Gasteiger partial charge in [0.1, 0.15) is 11.4 Å². The van der Waals surface area contributed by atoms with Crippen LogP contribution in [0.2, 0.25) is 0 Å². The van der Waals surface area contributed by atoms with Crippen molar-refractivity contribution in [3.8, 4) is 6.07 Å². The van der Waals surface area contributed by atoms with E-state index < -0.39 is 11.7 Å². The number of likely N-dealkylation sites (tertiary alicyclic amines) is 1. The summed E-state index contributed by atoms with van der Waals surface area (Å²) in [7, 11) is 1.82. The number of piperidine rings is 1. The Bertz CT molecular complexity index is 1150. The number of aryl methyl sites for hydroxylation is 1. The van der Waals surface area contributed by atoms with Gasteiger partial charge < -0.3 is 19.5 Å². The van der Waals surface area contributed by atoms with Gasteiger partial charge in [-0.1, -0.05) is 15.9 Å². The summed E-state index contributed by atoms with van der Waals surface area (Å²) in [6.45, 7) is 3.92. The number of hydrogen-bond donors (Lipinski definition) is 2. The molecule has 4 rings (SSSR count). The topological polar surface area (TPSA) is 125 Å². The first kappa shape index (κ1) is 22.9. The lowest BCUT2D eigenvalue weighted by Gasteiger charge is -2.43. The van der Waals surface area contributed by atoms with Crippen LogP contribution in [-0.2, 0) is 11.8 Å². The van der Waals surface area contributed by atoms with Crippen molar-refractivity contribution in [3.63, 3.8) is 0 Å². The number of nitrogens with one attached hydrogen (secondary N) is 2. The number of benzene rings is 1. The van der Waals surface area contributed by atoms with Crippen molar-refractivity contribution >= 4 is 33.6 Å². The molecule has 3 heterocycles. The zero-order chi connectivity index (χ0) is 23.6. The highest BCUT2D eigenvalue weighted by Gasteiger charge is 2.46. The maximum Gasteiger partial charge on any atom is 0.428 e. The van der Waals surface area contributed by atoms with Crippen LogP contribution in [0.25, 0.3) is 0 Å². The van der Waals surface area contributed by atoms with Gasteiger partial charge in [0.25, 0.3) is 5.91 Å². The van der Waals surface area contributed by atoms with Gasteiger partial charge in [-0.15, -0.1) is 0 Å². The van der Waals surface area contributed by atoms with Crippen LogP contribution < -0.4 is 10.7 Å². The third-order valence-electron chi connectivity index (χ3n) is 5.84. The smallest absolute Gasteiger partial charge is 0.428 e. The molecule has 2 aliphatic rings. The number of nitrogens with zero attached hydrogens (tertiary/aromatic N) is 5. The predicted octanol–water partition coefficient (Wildman–Crippen LogP) is 2.15. The molecule has 1 aromatic carbocycles. The number of amides is 2. The third-order valence-corrected chi connectivity index (χ3v) is 6.53. The summed E-state index contributed by atoms with van der Waals surface area (Å²) in [4.78, 5) is 30.7. The van der Waals surface area contributed by atoms with Gasteiger partial charge >= 0.3 is 6.09 Å². The molecular formula is C22H24BrN7O3. The van der Waals surface area contributed by atoms with Crippen molar-refractivity contribution in [1.82, 2.24) is 25.2 Å². The minimum Gasteiger partial charge on any atom is -0.435 e. The molecule has 1 atom stereocenters. The van der Waals surface area contributed by atoms with Gasteiger partial charge in [0, 0.05) is 61.8 Å². The largest absolute Gasteiger partial charge is 0.435 e. The lowest BCUT2D eigenvalue weighted by Crippen LogP contribution is -2.57. The van der Waals surface area contributed by atoms with Crippen molar-refractivity contribution in [3.05, 3.63) is 52.0 Å². The van der Waals surface area contributed by atoms with Crippen LogP contribution in [0.5, 0.6) is 0 Å². The Kier molecular flexibility index (Phi) is 6.49. The number of hydrogen-bond acceptors (Lipinski definition) is 7. The fourth-order valence-corrected chi connectivity index (χ4v) is 4.66. The van der Waals surface area contributed by atoms with Crippen LogP contribution in [0.15, 0.2) is 40.3 Å². The Morgan fingerprint density at radius 3 is 2.85 bits per heavy atom. The zero-order valence-corrected chi connectivity index (χ0v) is 19.9. The Labute approximate surface area is 199 Å². The number of carbonyl (C=O) groups excluding carboxylic acids is 2. The number of imidazole rings is 1. The number of hydrazone groups is 1. The molecule has 0 unspecified atom stereocenters. The summed E-state index contributed by atoms with van der Waals surface area (Å²) >= 11 is 3.53. The molecule has 33 heavy (non-hydrogen) atoms. The predicted molar refractivity (Wildman–Crippen MR) is 124 cm³/mol. The molecule has 2 aliphatic heterocycles. The molecule has 2 N–H and O–H groups in total. The second-order valence-corrected chi connectivity index (χ2v) is 9.22. The molecule has 0 radical (unpaired) electrons. The third kappa shape index (κ3) is 4.91. The summed E-state index contributed by atoms with van der Waals surface area (Å²) in [6.07, 6.45) is 3.77. The molecule has 172 valence electrons. The first-order valence-electron chi connectivity index (χ1n) is 10.6. The molecule has 1 spiro atoms. The van der Waals surface area contributed by atoms with E-state index in [0.717, 1.165) is 10.0 Å². The monoisotopic (exact) mass is 513 g/mol. The van der Waals surface area contributed by atoms with E-state index in [2.05, 4.69) is 47.7 Å². The zero-order valence-electron chi connectivity index (χ0n) is 18.3. The van der Waals surface area contributed by atoms with Gasteiger partial charge in [0.15, 0.2) is 5.60 Å². The Hall–Kier alpha value is -3.23. The second-order valence-electron chi connectivity index (χ2n) is 8.36. The molecule has 0 saturated carbocycles. The quantitative estimate of drug-likeness (QED) is 0.630. The van der Waals surface area contributed by atoms with Crippen molar-refractivity contribution < 1.29 is 14.3 Å². The second kappa shape index (κ2) is 9.33. The summed E-state index contributed by atoms with van der Waals surface area (Å²) < 4.78 is 8.30. The molecule has 0 aliphatic carbocycles. The summed E-state index contributed by atoms with van der Waals surface area (Å²) in [6, 6.07) is 7.31. The van der Waals surface area contributed by atoms with Crippen LogP contribution in [0.1, 0.15) is 41.4 Å². The van der Waals surface area contributed by atoms with Crippen LogP contribution in [-0.4, -0.2) is 63.4 Å². The van der Waals surface area contributed by atoms with Gasteiger partial charge in [-0.3, -0.25) is 4.79 Å². The Morgan fingerprint density at radius 2 is 2.18 bits per heavy atom. The molecule has 11 heteroatoms. The maximum atomic E-state index is 12.4. The fourth-order valence-electron chi connectivity index (χ4n) is 4.23. The van der Waals surface area contributed by atoms with Crippen molar-refractivity contribution in [2.45, 2.75) is 31.4 Å². The maximum absolute atomic E-state index is 12.4. The minimum absolute atomic E-state index is 0.0845. The molecule has 1 fully saturated rings. The molecule has 10 nitrogen and oxygen atoms in total. The van der Waals surface area contributed by atoms with Crippen LogP contribution >= 0.6 is 15.9 Å². The van der Waals surface area contributed by atoms with Crippen LogP contribution in [0.4, 0.5) is 4.79 Å². The standard InChI is InChI=1S/C22H24BrN7O3/c1-14(26-20(31)18-12-29(2)13-25-18)11-30-7-5-22(6-8-30)19(27-28-21(32)33-22)16-9-15(10-24)3-4-17(16)23/h3-4,9,12-14H,5-8,11H2,1-2H3,(H,26,31)(H,28,32)/t14-/m0/s1. The Morgan fingerprint density at radius 1 is 1.42 bits per heavy atom. The summed E-state index contributed by atoms with van der Waals surface area (Å²) in [5.74, 6) is -0.208. The van der Waals surface area contributed by atoms with Crippen LogP contribution in [0, 0.1) is 11.3 Å². The highest BCUT2D eigenvalue weighted by molar-refractivity contribution is 9.10. The van der Waals surface area contributed by atoms with E-state index in [1.165, 1.54) is 0 Å². The van der Waals surface area contributed by atoms with Crippen molar-refractivity contribution in [1.29, 1.82) is 5.26 Å². The molecule has 2 amide bonds. The van der Waals surface area contributed by atoms with E-state index in [0.29, 0.717) is 49.4 Å². The molecule has 1 saturated heterocycles. The average Bonchev–Trinajstić information content (AvgIpc) is 3.23. The van der Waals surface area contributed by atoms with E-state index in [1.54, 1.807) is 35.3 Å². The van der Waals surface area contributed by atoms with E-state index in [-0.39, 0.29) is 11.9 Å². The number of ether oxygens (including phenoxy) is 1. The van der Waals surface area contributed by atoms with Gasteiger partial charge in [0.2, 0.25) is 0 Å². The first-order valence-corrected chi connectivity index (χ1v) is 11.4. The number of aromatic nitrogens is 2. The number of carbonyl (C=O) groups is 2. The van der Waals surface area contributed by atoms with E-state index >= 15 is 0 Å². The number of halogens is 1.